The van der Waals surface area contributed by atoms with Gasteiger partial charge in [-0.2, -0.15) is 0 Å². The molecular weight excluding hydrogens is 252 g/mol. The fourth-order valence-corrected chi connectivity index (χ4v) is 2.53. The van der Waals surface area contributed by atoms with Gasteiger partial charge in [0, 0.05) is 0 Å². The molecule has 0 radical (unpaired) electrons. The first-order valence-electron chi connectivity index (χ1n) is 6.56. The van der Waals surface area contributed by atoms with Gasteiger partial charge in [0.15, 0.2) is 0 Å². The molecule has 2 aromatic rings. The summed E-state index contributed by atoms with van der Waals surface area (Å²) in [4.78, 5) is 11.5. The van der Waals surface area contributed by atoms with Crippen LogP contribution >= 0.6 is 0 Å². The van der Waals surface area contributed by atoms with Crippen LogP contribution in [0.2, 0.25) is 0 Å². The van der Waals surface area contributed by atoms with Gasteiger partial charge >= 0.3 is 5.97 Å². The van der Waals surface area contributed by atoms with Crippen LogP contribution in [-0.2, 0) is 11.2 Å². The van der Waals surface area contributed by atoms with Crippen molar-refractivity contribution in [2.45, 2.75) is 26.2 Å². The van der Waals surface area contributed by atoms with Crippen molar-refractivity contribution in [3.8, 4) is 5.75 Å². The van der Waals surface area contributed by atoms with E-state index in [4.69, 9.17) is 0 Å². The molecule has 0 aliphatic heterocycles. The molecule has 0 aromatic heterocycles. The van der Waals surface area contributed by atoms with Crippen LogP contribution in [0.1, 0.15) is 28.2 Å². The van der Waals surface area contributed by atoms with Crippen LogP contribution in [0.15, 0.2) is 42.5 Å². The van der Waals surface area contributed by atoms with Gasteiger partial charge in [-0.1, -0.05) is 30.3 Å². The Bertz CT molecular complexity index is 594. The Hall–Kier alpha value is -2.29. The fraction of sp³-hybridized carbons (Fsp3) is 0.235. The van der Waals surface area contributed by atoms with E-state index >= 15 is 0 Å². The highest BCUT2D eigenvalue weighted by atomic mass is 16.4. The summed E-state index contributed by atoms with van der Waals surface area (Å²) in [5.74, 6) is -1.18. The maximum atomic E-state index is 11.5. The Morgan fingerprint density at radius 3 is 2.15 bits per heavy atom. The van der Waals surface area contributed by atoms with Crippen LogP contribution in [0.4, 0.5) is 0 Å². The molecule has 3 nitrogen and oxygen atoms in total. The molecule has 104 valence electrons. The van der Waals surface area contributed by atoms with Crippen LogP contribution in [0, 0.1) is 13.8 Å². The highest BCUT2D eigenvalue weighted by Gasteiger charge is 2.22. The Labute approximate surface area is 118 Å². The van der Waals surface area contributed by atoms with Crippen molar-refractivity contribution in [3.63, 3.8) is 0 Å². The predicted octanol–water partition coefficient (Wildman–Crippen LogP) is 3.42. The minimum absolute atomic E-state index is 0.218. The first kappa shape index (κ1) is 14.1. The van der Waals surface area contributed by atoms with Crippen LogP contribution in [-0.4, -0.2) is 16.2 Å². The molecule has 2 aromatic carbocycles. The molecule has 2 rings (SSSR count). The Morgan fingerprint density at radius 1 is 1.10 bits per heavy atom. The van der Waals surface area contributed by atoms with Gasteiger partial charge < -0.3 is 10.2 Å². The number of carboxylic acid groups (broad SMARTS) is 1. The number of phenols is 1. The highest BCUT2D eigenvalue weighted by Crippen LogP contribution is 2.27. The lowest BCUT2D eigenvalue weighted by Crippen LogP contribution is -2.15. The average Bonchev–Trinajstić information content (AvgIpc) is 2.38. The lowest BCUT2D eigenvalue weighted by Gasteiger charge is -2.17. The maximum absolute atomic E-state index is 11.5. The van der Waals surface area contributed by atoms with Gasteiger partial charge in [0.05, 0.1) is 5.92 Å². The molecule has 0 spiro atoms. The molecule has 1 atom stereocenters. The zero-order chi connectivity index (χ0) is 14.7. The zero-order valence-electron chi connectivity index (χ0n) is 11.6. The first-order chi connectivity index (χ1) is 9.49. The average molecular weight is 270 g/mol. The zero-order valence-corrected chi connectivity index (χ0v) is 11.6. The van der Waals surface area contributed by atoms with Crippen LogP contribution in [0.5, 0.6) is 5.75 Å². The number of phenolic OH excluding ortho intramolecular Hbond substituents is 1. The number of aryl methyl sites for hydroxylation is 2. The number of aliphatic carboxylic acids is 1. The van der Waals surface area contributed by atoms with Gasteiger partial charge in [-0.3, -0.25) is 4.79 Å². The van der Waals surface area contributed by atoms with Crippen LogP contribution in [0.25, 0.3) is 0 Å². The van der Waals surface area contributed by atoms with Crippen LogP contribution < -0.4 is 0 Å². The van der Waals surface area contributed by atoms with Gasteiger partial charge in [0.1, 0.15) is 5.75 Å². The minimum atomic E-state index is -0.830. The van der Waals surface area contributed by atoms with Crippen molar-refractivity contribution in [2.24, 2.45) is 0 Å². The van der Waals surface area contributed by atoms with E-state index in [1.165, 1.54) is 0 Å². The predicted molar refractivity (Wildman–Crippen MR) is 78.1 cm³/mol. The number of rotatable bonds is 4. The van der Waals surface area contributed by atoms with Gasteiger partial charge in [0.2, 0.25) is 0 Å². The van der Waals surface area contributed by atoms with E-state index in [1.807, 2.05) is 44.2 Å². The third-order valence-electron chi connectivity index (χ3n) is 3.59. The molecule has 20 heavy (non-hydrogen) atoms. The van der Waals surface area contributed by atoms with Crippen molar-refractivity contribution in [3.05, 3.63) is 64.7 Å². The Balaban J connectivity index is 2.38. The van der Waals surface area contributed by atoms with E-state index in [0.29, 0.717) is 6.42 Å². The third kappa shape index (κ3) is 2.99. The standard InChI is InChI=1S/C17H18O3/c1-11-8-14(18)9-12(2)15(11)10-16(17(19)20)13-6-4-3-5-7-13/h3-9,16,18H,10H2,1-2H3,(H,19,20)/t16-/m1/s1. The maximum Gasteiger partial charge on any atom is 0.311 e. The summed E-state index contributed by atoms with van der Waals surface area (Å²) in [6, 6.07) is 12.6. The molecule has 0 bridgehead atoms. The summed E-state index contributed by atoms with van der Waals surface area (Å²) < 4.78 is 0. The SMILES string of the molecule is Cc1cc(O)cc(C)c1C[C@@H](C(=O)O)c1ccccc1. The van der Waals surface area contributed by atoms with Gasteiger partial charge in [-0.25, -0.2) is 0 Å². The second kappa shape index (κ2) is 5.78. The second-order valence-electron chi connectivity index (χ2n) is 5.06. The van der Waals surface area contributed by atoms with Gasteiger partial charge in [0.25, 0.3) is 0 Å². The summed E-state index contributed by atoms with van der Waals surface area (Å²) in [6.07, 6.45) is 0.428. The topological polar surface area (TPSA) is 57.5 Å². The van der Waals surface area contributed by atoms with Crippen molar-refractivity contribution in [1.82, 2.24) is 0 Å². The van der Waals surface area contributed by atoms with E-state index in [0.717, 1.165) is 22.3 Å². The lowest BCUT2D eigenvalue weighted by molar-refractivity contribution is -0.138. The molecule has 0 fully saturated rings. The molecule has 0 saturated heterocycles. The van der Waals surface area contributed by atoms with Crippen LogP contribution in [0.3, 0.4) is 0 Å². The Kier molecular flexibility index (Phi) is 4.08. The molecule has 2 N–H and O–H groups in total. The largest absolute Gasteiger partial charge is 0.508 e. The molecule has 0 heterocycles. The van der Waals surface area contributed by atoms with Gasteiger partial charge in [-0.15, -0.1) is 0 Å². The van der Waals surface area contributed by atoms with E-state index in [-0.39, 0.29) is 5.75 Å². The van der Waals surface area contributed by atoms with E-state index < -0.39 is 11.9 Å². The monoisotopic (exact) mass is 270 g/mol. The smallest absolute Gasteiger partial charge is 0.311 e. The minimum Gasteiger partial charge on any atom is -0.508 e. The summed E-state index contributed by atoms with van der Waals surface area (Å²) in [6.45, 7) is 3.79. The lowest BCUT2D eigenvalue weighted by atomic mass is 9.88. The van der Waals surface area contributed by atoms with Gasteiger partial charge in [-0.05, 0) is 54.7 Å². The quantitative estimate of drug-likeness (QED) is 0.895. The fourth-order valence-electron chi connectivity index (χ4n) is 2.53. The summed E-state index contributed by atoms with van der Waals surface area (Å²) >= 11 is 0. The molecule has 3 heteroatoms. The van der Waals surface area contributed by atoms with Crippen molar-refractivity contribution >= 4 is 5.97 Å². The third-order valence-corrected chi connectivity index (χ3v) is 3.59. The van der Waals surface area contributed by atoms with E-state index in [1.54, 1.807) is 12.1 Å². The summed E-state index contributed by atoms with van der Waals surface area (Å²) in [7, 11) is 0. The molecule has 0 aliphatic rings. The van der Waals surface area contributed by atoms with Crippen molar-refractivity contribution in [1.29, 1.82) is 0 Å². The molecule has 0 aliphatic carbocycles. The normalized spacial score (nSPS) is 12.1. The molecule has 0 unspecified atom stereocenters. The first-order valence-corrected chi connectivity index (χ1v) is 6.56. The van der Waals surface area contributed by atoms with Crippen molar-refractivity contribution in [2.75, 3.05) is 0 Å². The second-order valence-corrected chi connectivity index (χ2v) is 5.06. The summed E-state index contributed by atoms with van der Waals surface area (Å²) in [5.41, 5.74) is 3.63. The number of carboxylic acids is 1. The highest BCUT2D eigenvalue weighted by molar-refractivity contribution is 5.76. The number of carbonyl (C=O) groups is 1. The number of benzene rings is 2. The number of hydrogen-bond acceptors (Lipinski definition) is 2. The molecular formula is C17H18O3. The van der Waals surface area contributed by atoms with E-state index in [2.05, 4.69) is 0 Å². The van der Waals surface area contributed by atoms with Crippen molar-refractivity contribution < 1.29 is 15.0 Å². The number of hydrogen-bond donors (Lipinski definition) is 2. The summed E-state index contributed by atoms with van der Waals surface area (Å²) in [5, 5.41) is 19.0. The molecule has 0 saturated carbocycles. The van der Waals surface area contributed by atoms with E-state index in [9.17, 15) is 15.0 Å². The number of aromatic hydroxyl groups is 1. The molecule has 0 amide bonds. The Morgan fingerprint density at radius 2 is 1.65 bits per heavy atom.